The molecule has 0 heterocycles. The van der Waals surface area contributed by atoms with Gasteiger partial charge in [0.1, 0.15) is 18.1 Å². The van der Waals surface area contributed by atoms with Crippen LogP contribution in [0.3, 0.4) is 0 Å². The highest BCUT2D eigenvalue weighted by atomic mass is 35.5. The fourth-order valence-electron chi connectivity index (χ4n) is 2.61. The molecule has 2 aromatic carbocycles. The molecule has 26 heavy (non-hydrogen) atoms. The number of aryl methyl sites for hydroxylation is 2. The van der Waals surface area contributed by atoms with Crippen LogP contribution in [0.5, 0.6) is 11.5 Å². The molecule has 0 fully saturated rings. The van der Waals surface area contributed by atoms with Crippen LogP contribution in [0.1, 0.15) is 18.1 Å². The Kier molecular flexibility index (Phi) is 7.16. The van der Waals surface area contributed by atoms with Gasteiger partial charge in [-0.05, 0) is 56.2 Å². The molecule has 0 bridgehead atoms. The van der Waals surface area contributed by atoms with Gasteiger partial charge < -0.3 is 19.1 Å². The largest absolute Gasteiger partial charge is 0.513 e. The summed E-state index contributed by atoms with van der Waals surface area (Å²) in [4.78, 5) is 14.0. The summed E-state index contributed by atoms with van der Waals surface area (Å²) in [6, 6.07) is 11.2. The summed E-state index contributed by atoms with van der Waals surface area (Å²) in [6.07, 6.45) is -0.729. The zero-order valence-corrected chi connectivity index (χ0v) is 16.3. The van der Waals surface area contributed by atoms with Crippen LogP contribution in [0.25, 0.3) is 0 Å². The van der Waals surface area contributed by atoms with E-state index in [1.165, 1.54) is 0 Å². The van der Waals surface area contributed by atoms with Crippen LogP contribution in [0.15, 0.2) is 36.4 Å². The zero-order valence-electron chi connectivity index (χ0n) is 15.5. The van der Waals surface area contributed by atoms with Gasteiger partial charge in [0.05, 0.1) is 13.7 Å². The Morgan fingerprint density at radius 2 is 1.81 bits per heavy atom. The van der Waals surface area contributed by atoms with Gasteiger partial charge in [0.2, 0.25) is 0 Å². The first-order valence-electron chi connectivity index (χ1n) is 8.45. The molecule has 6 heteroatoms. The summed E-state index contributed by atoms with van der Waals surface area (Å²) < 4.78 is 15.7. The predicted molar refractivity (Wildman–Crippen MR) is 104 cm³/mol. The lowest BCUT2D eigenvalue weighted by atomic mass is 10.1. The third-order valence-electron chi connectivity index (χ3n) is 3.99. The summed E-state index contributed by atoms with van der Waals surface area (Å²) in [5, 5.41) is 0.669. The highest BCUT2D eigenvalue weighted by Crippen LogP contribution is 2.26. The van der Waals surface area contributed by atoms with E-state index >= 15 is 0 Å². The lowest BCUT2D eigenvalue weighted by molar-refractivity contribution is 0.101. The van der Waals surface area contributed by atoms with Gasteiger partial charge in [-0.15, -0.1) is 0 Å². The third kappa shape index (κ3) is 5.30. The van der Waals surface area contributed by atoms with Crippen molar-refractivity contribution in [1.29, 1.82) is 0 Å². The molecule has 0 amide bonds. The van der Waals surface area contributed by atoms with Crippen LogP contribution >= 0.6 is 11.6 Å². The van der Waals surface area contributed by atoms with Crippen molar-refractivity contribution in [3.8, 4) is 11.5 Å². The van der Waals surface area contributed by atoms with E-state index in [1.807, 2.05) is 45.0 Å². The number of hydrogen-bond donors (Lipinski definition) is 0. The molecule has 0 aliphatic heterocycles. The van der Waals surface area contributed by atoms with Crippen molar-refractivity contribution in [2.45, 2.75) is 20.8 Å². The minimum atomic E-state index is -0.729. The first kappa shape index (κ1) is 19.9. The number of benzene rings is 2. The van der Waals surface area contributed by atoms with Crippen LogP contribution in [0.2, 0.25) is 5.02 Å². The zero-order chi connectivity index (χ0) is 19.1. The van der Waals surface area contributed by atoms with Gasteiger partial charge in [-0.3, -0.25) is 0 Å². The highest BCUT2D eigenvalue weighted by molar-refractivity contribution is 6.32. The van der Waals surface area contributed by atoms with Crippen LogP contribution in [0.4, 0.5) is 10.5 Å². The maximum Gasteiger partial charge on any atom is 0.513 e. The molecule has 0 aromatic heterocycles. The van der Waals surface area contributed by atoms with Crippen LogP contribution in [-0.2, 0) is 4.74 Å². The number of ether oxygens (including phenoxy) is 3. The lowest BCUT2D eigenvalue weighted by Gasteiger charge is -2.23. The Labute approximate surface area is 159 Å². The quantitative estimate of drug-likeness (QED) is 0.501. The van der Waals surface area contributed by atoms with Gasteiger partial charge in [-0.2, -0.15) is 0 Å². The molecular weight excluding hydrogens is 354 g/mol. The minimum absolute atomic E-state index is 0.218. The molecule has 2 rings (SSSR count). The maximum absolute atomic E-state index is 11.9. The number of hydrogen-bond acceptors (Lipinski definition) is 5. The summed E-state index contributed by atoms with van der Waals surface area (Å²) in [7, 11) is 1.63. The first-order valence-corrected chi connectivity index (χ1v) is 8.82. The molecule has 5 nitrogen and oxygen atoms in total. The molecule has 0 radical (unpaired) electrons. The summed E-state index contributed by atoms with van der Waals surface area (Å²) in [5.41, 5.74) is 2.71. The van der Waals surface area contributed by atoms with E-state index in [-0.39, 0.29) is 6.61 Å². The molecule has 0 unspecified atom stereocenters. The van der Waals surface area contributed by atoms with Crippen molar-refractivity contribution in [2.24, 2.45) is 0 Å². The Bertz CT molecular complexity index is 740. The second kappa shape index (κ2) is 9.34. The molecular formula is C20H24ClNO4. The second-order valence-electron chi connectivity index (χ2n) is 5.85. The maximum atomic E-state index is 11.9. The van der Waals surface area contributed by atoms with Gasteiger partial charge in [-0.1, -0.05) is 17.7 Å². The molecule has 140 valence electrons. The molecule has 0 aliphatic rings. The number of rotatable bonds is 7. The monoisotopic (exact) mass is 377 g/mol. The van der Waals surface area contributed by atoms with Gasteiger partial charge in [-0.25, -0.2) is 4.79 Å². The van der Waals surface area contributed by atoms with Crippen molar-refractivity contribution in [1.82, 2.24) is 0 Å². The number of carbonyl (C=O) groups is 1. The normalized spacial score (nSPS) is 10.3. The molecule has 0 saturated heterocycles. The minimum Gasteiger partial charge on any atom is -0.497 e. The van der Waals surface area contributed by atoms with Gasteiger partial charge in [0.15, 0.2) is 0 Å². The Balaban J connectivity index is 1.88. The number of nitrogens with zero attached hydrogens (tertiary/aromatic N) is 1. The van der Waals surface area contributed by atoms with E-state index in [4.69, 9.17) is 25.8 Å². The van der Waals surface area contributed by atoms with E-state index in [0.29, 0.717) is 17.3 Å². The van der Waals surface area contributed by atoms with Crippen molar-refractivity contribution in [3.05, 3.63) is 52.5 Å². The second-order valence-corrected chi connectivity index (χ2v) is 6.23. The fraction of sp³-hybridized carbons (Fsp3) is 0.350. The third-order valence-corrected chi connectivity index (χ3v) is 4.59. The highest BCUT2D eigenvalue weighted by Gasteiger charge is 2.11. The SMILES string of the molecule is CCN(CCOC(=O)Oc1cc(C)c(Cl)c(C)c1)c1cccc(OC)c1. The number of halogens is 1. The number of carbonyl (C=O) groups excluding carboxylic acids is 1. The van der Waals surface area contributed by atoms with Crippen molar-refractivity contribution in [3.63, 3.8) is 0 Å². The molecule has 0 atom stereocenters. The lowest BCUT2D eigenvalue weighted by Crippen LogP contribution is -2.28. The standard InChI is InChI=1S/C20H24ClNO4/c1-5-22(16-7-6-8-17(13-16)24-4)9-10-25-20(23)26-18-11-14(2)19(21)15(3)12-18/h6-8,11-13H,5,9-10H2,1-4H3. The molecule has 0 saturated carbocycles. The summed E-state index contributed by atoms with van der Waals surface area (Å²) in [6.45, 7) is 7.31. The van der Waals surface area contributed by atoms with Crippen molar-refractivity contribution < 1.29 is 19.0 Å². The smallest absolute Gasteiger partial charge is 0.497 e. The van der Waals surface area contributed by atoms with Crippen molar-refractivity contribution >= 4 is 23.4 Å². The molecule has 0 N–H and O–H groups in total. The molecule has 0 aliphatic carbocycles. The first-order chi connectivity index (χ1) is 12.4. The van der Waals surface area contributed by atoms with E-state index in [9.17, 15) is 4.79 Å². The fourth-order valence-corrected chi connectivity index (χ4v) is 2.72. The number of likely N-dealkylation sites (N-methyl/N-ethyl adjacent to an activating group) is 1. The topological polar surface area (TPSA) is 48.0 Å². The van der Waals surface area contributed by atoms with Crippen LogP contribution in [-0.4, -0.2) is 33.0 Å². The Morgan fingerprint density at radius 1 is 1.12 bits per heavy atom. The van der Waals surface area contributed by atoms with Gasteiger partial charge >= 0.3 is 6.16 Å². The van der Waals surface area contributed by atoms with Crippen LogP contribution in [0, 0.1) is 13.8 Å². The predicted octanol–water partition coefficient (Wildman–Crippen LogP) is 5.01. The Morgan fingerprint density at radius 3 is 2.42 bits per heavy atom. The Hall–Kier alpha value is -2.40. The van der Waals surface area contributed by atoms with E-state index in [1.54, 1.807) is 19.2 Å². The van der Waals surface area contributed by atoms with E-state index in [0.717, 1.165) is 29.1 Å². The van der Waals surface area contributed by atoms with E-state index in [2.05, 4.69) is 4.90 Å². The number of methoxy groups -OCH3 is 1. The molecule has 0 spiro atoms. The average molecular weight is 378 g/mol. The van der Waals surface area contributed by atoms with Crippen LogP contribution < -0.4 is 14.4 Å². The average Bonchev–Trinajstić information content (AvgIpc) is 2.63. The van der Waals surface area contributed by atoms with Gasteiger partial charge in [0.25, 0.3) is 0 Å². The van der Waals surface area contributed by atoms with Gasteiger partial charge in [0, 0.05) is 23.3 Å². The molecule has 2 aromatic rings. The summed E-state index contributed by atoms with van der Waals surface area (Å²) >= 11 is 6.11. The summed E-state index contributed by atoms with van der Waals surface area (Å²) in [5.74, 6) is 1.21. The van der Waals surface area contributed by atoms with E-state index < -0.39 is 6.16 Å². The number of anilines is 1. The van der Waals surface area contributed by atoms with Crippen molar-refractivity contribution in [2.75, 3.05) is 31.7 Å².